The zero-order valence-corrected chi connectivity index (χ0v) is 10.2. The summed E-state index contributed by atoms with van der Waals surface area (Å²) < 4.78 is 4.91. The number of rotatable bonds is 6. The van der Waals surface area contributed by atoms with Gasteiger partial charge in [-0.3, -0.25) is 10.6 Å². The van der Waals surface area contributed by atoms with E-state index in [2.05, 4.69) is 10.7 Å². The topological polar surface area (TPSA) is 76.4 Å². The average molecular weight is 237 g/mol. The van der Waals surface area contributed by atoms with E-state index in [1.807, 2.05) is 19.1 Å². The number of nitrogens with two attached hydrogens (primary N) is 1. The van der Waals surface area contributed by atoms with Gasteiger partial charge >= 0.3 is 0 Å². The first kappa shape index (κ1) is 13.5. The normalized spacial score (nSPS) is 10.1. The number of carbonyl (C=O) groups excluding carboxylic acids is 1. The van der Waals surface area contributed by atoms with Crippen molar-refractivity contribution in [2.24, 2.45) is 5.84 Å². The second-order valence-corrected chi connectivity index (χ2v) is 3.80. The first-order valence-corrected chi connectivity index (χ1v) is 5.53. The Morgan fingerprint density at radius 2 is 2.24 bits per heavy atom. The Labute approximate surface area is 101 Å². The molecule has 1 aromatic rings. The molecule has 0 atom stereocenters. The molecule has 5 nitrogen and oxygen atoms in total. The van der Waals surface area contributed by atoms with Crippen LogP contribution >= 0.6 is 0 Å². The second-order valence-electron chi connectivity index (χ2n) is 3.80. The van der Waals surface area contributed by atoms with Crippen LogP contribution in [0.1, 0.15) is 22.3 Å². The maximum absolute atomic E-state index is 11.9. The van der Waals surface area contributed by atoms with Crippen molar-refractivity contribution in [2.45, 2.75) is 13.3 Å². The van der Waals surface area contributed by atoms with Crippen molar-refractivity contribution in [3.63, 3.8) is 0 Å². The van der Waals surface area contributed by atoms with Crippen LogP contribution in [0.15, 0.2) is 18.2 Å². The highest BCUT2D eigenvalue weighted by Gasteiger charge is 2.09. The number of hydrogen-bond acceptors (Lipinski definition) is 4. The van der Waals surface area contributed by atoms with Gasteiger partial charge in [0.2, 0.25) is 0 Å². The van der Waals surface area contributed by atoms with E-state index in [9.17, 15) is 4.79 Å². The van der Waals surface area contributed by atoms with Crippen LogP contribution in [0.3, 0.4) is 0 Å². The summed E-state index contributed by atoms with van der Waals surface area (Å²) in [6.07, 6.45) is 0.791. The third kappa shape index (κ3) is 4.05. The van der Waals surface area contributed by atoms with Gasteiger partial charge in [0, 0.05) is 20.3 Å². The van der Waals surface area contributed by atoms with Crippen LogP contribution in [-0.4, -0.2) is 26.2 Å². The standard InChI is InChI=1S/C12H19N3O2/c1-9-4-5-10(11(8-9)15-13)12(16)14-6-3-7-17-2/h4-5,8,15H,3,6-7,13H2,1-2H3,(H,14,16). The van der Waals surface area contributed by atoms with Gasteiger partial charge in [-0.25, -0.2) is 0 Å². The Morgan fingerprint density at radius 1 is 1.47 bits per heavy atom. The largest absolute Gasteiger partial charge is 0.385 e. The number of hydrogen-bond donors (Lipinski definition) is 3. The smallest absolute Gasteiger partial charge is 0.253 e. The molecule has 0 radical (unpaired) electrons. The molecular weight excluding hydrogens is 218 g/mol. The highest BCUT2D eigenvalue weighted by atomic mass is 16.5. The van der Waals surface area contributed by atoms with Gasteiger partial charge in [0.15, 0.2) is 0 Å². The third-order valence-electron chi connectivity index (χ3n) is 2.39. The van der Waals surface area contributed by atoms with Crippen LogP contribution in [0, 0.1) is 6.92 Å². The van der Waals surface area contributed by atoms with Crippen LogP contribution in [0.25, 0.3) is 0 Å². The number of carbonyl (C=O) groups is 1. The zero-order valence-electron chi connectivity index (χ0n) is 10.2. The van der Waals surface area contributed by atoms with E-state index < -0.39 is 0 Å². The predicted octanol–water partition coefficient (Wildman–Crippen LogP) is 1.05. The van der Waals surface area contributed by atoms with Gasteiger partial charge < -0.3 is 15.5 Å². The number of nitrogens with one attached hydrogen (secondary N) is 2. The van der Waals surface area contributed by atoms with Crippen molar-refractivity contribution in [1.82, 2.24) is 5.32 Å². The van der Waals surface area contributed by atoms with Crippen LogP contribution in [-0.2, 0) is 4.74 Å². The van der Waals surface area contributed by atoms with Crippen LogP contribution in [0.4, 0.5) is 5.69 Å². The Balaban J connectivity index is 2.62. The summed E-state index contributed by atoms with van der Waals surface area (Å²) in [7, 11) is 1.64. The van der Waals surface area contributed by atoms with E-state index >= 15 is 0 Å². The molecule has 0 bridgehead atoms. The quantitative estimate of drug-likeness (QED) is 0.392. The summed E-state index contributed by atoms with van der Waals surface area (Å²) in [5, 5.41) is 2.81. The zero-order chi connectivity index (χ0) is 12.7. The fourth-order valence-electron chi connectivity index (χ4n) is 1.49. The predicted molar refractivity (Wildman–Crippen MR) is 67.8 cm³/mol. The van der Waals surface area contributed by atoms with Gasteiger partial charge in [0.25, 0.3) is 5.91 Å². The molecular formula is C12H19N3O2. The molecule has 1 rings (SSSR count). The summed E-state index contributed by atoms with van der Waals surface area (Å²) in [6, 6.07) is 5.48. The third-order valence-corrected chi connectivity index (χ3v) is 2.39. The van der Waals surface area contributed by atoms with Crippen molar-refractivity contribution in [2.75, 3.05) is 25.7 Å². The summed E-state index contributed by atoms with van der Waals surface area (Å²) in [6.45, 7) is 3.17. The summed E-state index contributed by atoms with van der Waals surface area (Å²) in [5.41, 5.74) is 4.77. The van der Waals surface area contributed by atoms with E-state index in [1.54, 1.807) is 13.2 Å². The second kappa shape index (κ2) is 6.88. The average Bonchev–Trinajstić information content (AvgIpc) is 2.34. The Bertz CT molecular complexity index is 380. The molecule has 0 heterocycles. The van der Waals surface area contributed by atoms with Crippen molar-refractivity contribution < 1.29 is 9.53 Å². The molecule has 0 saturated carbocycles. The van der Waals surface area contributed by atoms with Gasteiger partial charge in [0.05, 0.1) is 11.3 Å². The Kier molecular flexibility index (Phi) is 5.45. The summed E-state index contributed by atoms with van der Waals surface area (Å²) >= 11 is 0. The highest BCUT2D eigenvalue weighted by Crippen LogP contribution is 2.16. The molecule has 1 amide bonds. The van der Waals surface area contributed by atoms with E-state index in [1.165, 1.54) is 0 Å². The minimum Gasteiger partial charge on any atom is -0.385 e. The van der Waals surface area contributed by atoms with Crippen molar-refractivity contribution in [3.05, 3.63) is 29.3 Å². The monoisotopic (exact) mass is 237 g/mol. The molecule has 1 aromatic carbocycles. The molecule has 0 aliphatic heterocycles. The number of nitrogen functional groups attached to an aromatic ring is 1. The number of hydrazine groups is 1. The first-order chi connectivity index (χ1) is 8.19. The lowest BCUT2D eigenvalue weighted by atomic mass is 10.1. The van der Waals surface area contributed by atoms with Crippen molar-refractivity contribution in [1.29, 1.82) is 0 Å². The number of benzene rings is 1. The van der Waals surface area contributed by atoms with E-state index in [0.29, 0.717) is 24.4 Å². The first-order valence-electron chi connectivity index (χ1n) is 5.53. The van der Waals surface area contributed by atoms with E-state index in [4.69, 9.17) is 10.6 Å². The van der Waals surface area contributed by atoms with Crippen LogP contribution in [0.5, 0.6) is 0 Å². The van der Waals surface area contributed by atoms with Gasteiger partial charge in [-0.1, -0.05) is 6.07 Å². The molecule has 0 spiro atoms. The maximum Gasteiger partial charge on any atom is 0.253 e. The minimum atomic E-state index is -0.131. The van der Waals surface area contributed by atoms with Crippen molar-refractivity contribution >= 4 is 11.6 Å². The number of aryl methyl sites for hydroxylation is 1. The number of methoxy groups -OCH3 is 1. The fraction of sp³-hybridized carbons (Fsp3) is 0.417. The highest BCUT2D eigenvalue weighted by molar-refractivity contribution is 5.99. The molecule has 0 saturated heterocycles. The van der Waals surface area contributed by atoms with Crippen LogP contribution < -0.4 is 16.6 Å². The molecule has 4 N–H and O–H groups in total. The van der Waals surface area contributed by atoms with Gasteiger partial charge in [0.1, 0.15) is 0 Å². The molecule has 17 heavy (non-hydrogen) atoms. The van der Waals surface area contributed by atoms with Gasteiger partial charge in [-0.15, -0.1) is 0 Å². The summed E-state index contributed by atoms with van der Waals surface area (Å²) in [4.78, 5) is 11.9. The lowest BCUT2D eigenvalue weighted by Gasteiger charge is -2.10. The van der Waals surface area contributed by atoms with E-state index in [-0.39, 0.29) is 5.91 Å². The van der Waals surface area contributed by atoms with Crippen LogP contribution in [0.2, 0.25) is 0 Å². The van der Waals surface area contributed by atoms with E-state index in [0.717, 1.165) is 12.0 Å². The van der Waals surface area contributed by atoms with Crippen molar-refractivity contribution in [3.8, 4) is 0 Å². The molecule has 0 fully saturated rings. The minimum absolute atomic E-state index is 0.131. The lowest BCUT2D eigenvalue weighted by molar-refractivity contribution is 0.0949. The molecule has 94 valence electrons. The van der Waals surface area contributed by atoms with Gasteiger partial charge in [-0.2, -0.15) is 0 Å². The summed E-state index contributed by atoms with van der Waals surface area (Å²) in [5.74, 6) is 5.25. The Morgan fingerprint density at radius 3 is 2.88 bits per heavy atom. The number of ether oxygens (including phenoxy) is 1. The molecule has 0 aliphatic rings. The molecule has 0 aromatic heterocycles. The molecule has 5 heteroatoms. The lowest BCUT2D eigenvalue weighted by Crippen LogP contribution is -2.26. The molecule has 0 unspecified atom stereocenters. The molecule has 0 aliphatic carbocycles. The maximum atomic E-state index is 11.9. The SMILES string of the molecule is COCCCNC(=O)c1ccc(C)cc1NN. The number of amides is 1. The Hall–Kier alpha value is -1.59. The fourth-order valence-corrected chi connectivity index (χ4v) is 1.49. The number of anilines is 1. The van der Waals surface area contributed by atoms with Gasteiger partial charge in [-0.05, 0) is 31.0 Å².